The first-order valence-electron chi connectivity index (χ1n) is 8.41. The fourth-order valence-corrected chi connectivity index (χ4v) is 3.36. The third-order valence-electron chi connectivity index (χ3n) is 4.60. The van der Waals surface area contributed by atoms with Crippen LogP contribution in [0.1, 0.15) is 46.3 Å². The summed E-state index contributed by atoms with van der Waals surface area (Å²) < 4.78 is 5.56. The zero-order valence-corrected chi connectivity index (χ0v) is 15.2. The second-order valence-electron chi connectivity index (χ2n) is 6.45. The van der Waals surface area contributed by atoms with Gasteiger partial charge in [0.15, 0.2) is 11.5 Å². The fraction of sp³-hybridized carbons (Fsp3) is 0.263. The lowest BCUT2D eigenvalue weighted by Gasteiger charge is -2.26. The van der Waals surface area contributed by atoms with E-state index in [1.165, 1.54) is 5.56 Å². The first-order chi connectivity index (χ1) is 12.1. The van der Waals surface area contributed by atoms with E-state index in [9.17, 15) is 4.79 Å². The van der Waals surface area contributed by atoms with E-state index < -0.39 is 0 Å². The fourth-order valence-electron chi connectivity index (χ4n) is 3.36. The number of benzene rings is 1. The number of hydrogen-bond donors (Lipinski definition) is 3. The number of aryl methyl sites for hydroxylation is 2. The number of anilines is 1. The minimum atomic E-state index is -0.194. The Labute approximate surface area is 157 Å². The maximum absolute atomic E-state index is 12.6. The number of nitrogens with one attached hydrogen (secondary N) is 2. The molecule has 1 aliphatic rings. The topological polar surface area (TPSA) is 96.9 Å². The summed E-state index contributed by atoms with van der Waals surface area (Å²) in [6, 6.07) is 11.3. The number of nitrogen functional groups attached to an aromatic ring is 1. The number of aromatic nitrogens is 2. The molecule has 0 spiro atoms. The molecule has 1 amide bonds. The number of halogens is 1. The van der Waals surface area contributed by atoms with Crippen molar-refractivity contribution in [3.63, 3.8) is 0 Å². The molecule has 0 fully saturated rings. The Morgan fingerprint density at radius 3 is 2.92 bits per heavy atom. The minimum Gasteiger partial charge on any atom is -0.460 e. The largest absolute Gasteiger partial charge is 0.460 e. The summed E-state index contributed by atoms with van der Waals surface area (Å²) in [7, 11) is 0. The van der Waals surface area contributed by atoms with Gasteiger partial charge in [-0.1, -0.05) is 6.07 Å². The maximum Gasteiger partial charge on any atom is 0.272 e. The molecule has 1 unspecified atom stereocenters. The number of hydrogen-bond acceptors (Lipinski definition) is 4. The number of aromatic amines is 1. The van der Waals surface area contributed by atoms with Crippen molar-refractivity contribution < 1.29 is 9.21 Å². The highest BCUT2D eigenvalue weighted by Gasteiger charge is 2.23. The first kappa shape index (κ1) is 18.1. The number of furan rings is 1. The van der Waals surface area contributed by atoms with Crippen molar-refractivity contribution in [2.45, 2.75) is 32.2 Å². The van der Waals surface area contributed by atoms with Gasteiger partial charge in [0, 0.05) is 11.8 Å². The number of rotatable bonds is 3. The number of carbonyl (C=O) groups is 1. The number of nitrogens with two attached hydrogens (primary N) is 1. The molecule has 4 rings (SSSR count). The van der Waals surface area contributed by atoms with Crippen LogP contribution >= 0.6 is 12.4 Å². The van der Waals surface area contributed by atoms with E-state index in [0.29, 0.717) is 17.1 Å². The molecule has 6 nitrogen and oxygen atoms in total. The predicted molar refractivity (Wildman–Crippen MR) is 102 cm³/mol. The van der Waals surface area contributed by atoms with Crippen molar-refractivity contribution in [2.75, 3.05) is 5.73 Å². The lowest BCUT2D eigenvalue weighted by Crippen LogP contribution is -2.31. The van der Waals surface area contributed by atoms with Crippen LogP contribution in [0.3, 0.4) is 0 Å². The van der Waals surface area contributed by atoms with E-state index in [4.69, 9.17) is 10.2 Å². The molecular formula is C19H21ClN4O2. The Morgan fingerprint density at radius 2 is 2.15 bits per heavy atom. The molecule has 0 saturated carbocycles. The summed E-state index contributed by atoms with van der Waals surface area (Å²) >= 11 is 0. The van der Waals surface area contributed by atoms with Crippen molar-refractivity contribution in [1.29, 1.82) is 0 Å². The van der Waals surface area contributed by atoms with Crippen molar-refractivity contribution in [1.82, 2.24) is 15.5 Å². The van der Waals surface area contributed by atoms with Gasteiger partial charge in [0.05, 0.1) is 6.04 Å². The Balaban J connectivity index is 0.00000196. The average Bonchev–Trinajstić information content (AvgIpc) is 3.23. The molecule has 1 aromatic carbocycles. The van der Waals surface area contributed by atoms with Crippen LogP contribution in [-0.4, -0.2) is 16.1 Å². The van der Waals surface area contributed by atoms with Crippen molar-refractivity contribution in [2.24, 2.45) is 0 Å². The number of carbonyl (C=O) groups excluding carboxylic acids is 1. The minimum absolute atomic E-state index is 0. The third kappa shape index (κ3) is 3.46. The molecule has 0 radical (unpaired) electrons. The van der Waals surface area contributed by atoms with Gasteiger partial charge in [-0.15, -0.1) is 12.4 Å². The molecule has 136 valence electrons. The molecule has 2 aromatic heterocycles. The number of amides is 1. The number of nitrogens with zero attached hydrogens (tertiary/aromatic N) is 1. The van der Waals surface area contributed by atoms with Crippen LogP contribution < -0.4 is 11.1 Å². The summed E-state index contributed by atoms with van der Waals surface area (Å²) in [4.78, 5) is 12.6. The SMILES string of the molecule is Cc1ccc(-c2cc(C(=O)NC3CCCc4cc(N)ccc43)n[nH]2)o1.Cl. The average molecular weight is 373 g/mol. The molecule has 7 heteroatoms. The molecule has 2 heterocycles. The van der Waals surface area contributed by atoms with Crippen molar-refractivity contribution in [3.8, 4) is 11.5 Å². The van der Waals surface area contributed by atoms with Crippen LogP contribution in [0.15, 0.2) is 40.8 Å². The third-order valence-corrected chi connectivity index (χ3v) is 4.60. The normalized spacial score (nSPS) is 15.8. The number of fused-ring (bicyclic) bond motifs is 1. The highest BCUT2D eigenvalue weighted by molar-refractivity contribution is 5.93. The molecule has 26 heavy (non-hydrogen) atoms. The summed E-state index contributed by atoms with van der Waals surface area (Å²) in [5, 5.41) is 10.1. The van der Waals surface area contributed by atoms with Crippen molar-refractivity contribution >= 4 is 24.0 Å². The van der Waals surface area contributed by atoms with E-state index in [1.54, 1.807) is 6.07 Å². The number of H-pyrrole nitrogens is 1. The van der Waals surface area contributed by atoms with Crippen LogP contribution in [0, 0.1) is 6.92 Å². The quantitative estimate of drug-likeness (QED) is 0.609. The van der Waals surface area contributed by atoms with Gasteiger partial charge in [0.25, 0.3) is 5.91 Å². The standard InChI is InChI=1S/C19H20N4O2.ClH/c1-11-5-8-18(25-11)16-10-17(23-22-16)19(24)21-15-4-2-3-12-9-13(20)6-7-14(12)15;/h5-10,15H,2-4,20H2,1H3,(H,21,24)(H,22,23);1H. The van der Waals surface area contributed by atoms with Crippen LogP contribution in [-0.2, 0) is 6.42 Å². The van der Waals surface area contributed by atoms with Gasteiger partial charge in [-0.3, -0.25) is 9.89 Å². The summed E-state index contributed by atoms with van der Waals surface area (Å²) in [6.45, 7) is 1.88. The highest BCUT2D eigenvalue weighted by Crippen LogP contribution is 2.31. The molecule has 1 atom stereocenters. The summed E-state index contributed by atoms with van der Waals surface area (Å²) in [6.07, 6.45) is 2.94. The Kier molecular flexibility index (Phi) is 5.04. The summed E-state index contributed by atoms with van der Waals surface area (Å²) in [5.74, 6) is 1.29. The molecule has 3 aromatic rings. The second kappa shape index (κ2) is 7.25. The second-order valence-corrected chi connectivity index (χ2v) is 6.45. The Hall–Kier alpha value is -2.73. The zero-order valence-electron chi connectivity index (χ0n) is 14.4. The van der Waals surface area contributed by atoms with Gasteiger partial charge >= 0.3 is 0 Å². The molecule has 0 bridgehead atoms. The van der Waals surface area contributed by atoms with Gasteiger partial charge < -0.3 is 15.5 Å². The molecule has 0 aliphatic heterocycles. The van der Waals surface area contributed by atoms with Crippen LogP contribution in [0.2, 0.25) is 0 Å². The zero-order chi connectivity index (χ0) is 17.4. The smallest absolute Gasteiger partial charge is 0.272 e. The van der Waals surface area contributed by atoms with E-state index in [2.05, 4.69) is 15.5 Å². The maximum atomic E-state index is 12.6. The van der Waals surface area contributed by atoms with E-state index in [0.717, 1.165) is 36.3 Å². The van der Waals surface area contributed by atoms with E-state index in [1.807, 2.05) is 37.3 Å². The predicted octanol–water partition coefficient (Wildman–Crippen LogP) is 3.79. The molecule has 0 saturated heterocycles. The van der Waals surface area contributed by atoms with E-state index in [-0.39, 0.29) is 24.4 Å². The Bertz CT molecular complexity index is 931. The van der Waals surface area contributed by atoms with Crippen LogP contribution in [0.25, 0.3) is 11.5 Å². The molecular weight excluding hydrogens is 352 g/mol. The Morgan fingerprint density at radius 1 is 1.31 bits per heavy atom. The van der Waals surface area contributed by atoms with Crippen LogP contribution in [0.5, 0.6) is 0 Å². The lowest BCUT2D eigenvalue weighted by atomic mass is 9.87. The van der Waals surface area contributed by atoms with Gasteiger partial charge in [0.1, 0.15) is 11.5 Å². The van der Waals surface area contributed by atoms with Crippen LogP contribution in [0.4, 0.5) is 5.69 Å². The first-order valence-corrected chi connectivity index (χ1v) is 8.41. The van der Waals surface area contributed by atoms with Gasteiger partial charge in [-0.25, -0.2) is 0 Å². The van der Waals surface area contributed by atoms with Crippen molar-refractivity contribution in [3.05, 3.63) is 59.0 Å². The van der Waals surface area contributed by atoms with Gasteiger partial charge in [0.2, 0.25) is 0 Å². The monoisotopic (exact) mass is 372 g/mol. The lowest BCUT2D eigenvalue weighted by molar-refractivity contribution is 0.0927. The van der Waals surface area contributed by atoms with Gasteiger partial charge in [-0.2, -0.15) is 5.10 Å². The highest BCUT2D eigenvalue weighted by atomic mass is 35.5. The molecule has 1 aliphatic carbocycles. The van der Waals surface area contributed by atoms with E-state index >= 15 is 0 Å². The molecule has 4 N–H and O–H groups in total. The summed E-state index contributed by atoms with van der Waals surface area (Å²) in [5.41, 5.74) is 10.0. The van der Waals surface area contributed by atoms with Gasteiger partial charge in [-0.05, 0) is 61.6 Å².